The molecule has 0 spiro atoms. The molecular weight excluding hydrogens is 292 g/mol. The predicted octanol–water partition coefficient (Wildman–Crippen LogP) is 2.48. The van der Waals surface area contributed by atoms with Crippen LogP contribution in [-0.2, 0) is 0 Å². The molecule has 2 fully saturated rings. The Kier molecular flexibility index (Phi) is 3.66. The molecule has 2 bridgehead atoms. The summed E-state index contributed by atoms with van der Waals surface area (Å²) in [6.45, 7) is 0. The minimum atomic E-state index is 0.502. The minimum Gasteiger partial charge on any atom is -0.358 e. The molecule has 3 aliphatic carbocycles. The molecule has 0 aromatic carbocycles. The van der Waals surface area contributed by atoms with Crippen molar-refractivity contribution in [3.8, 4) is 0 Å². The summed E-state index contributed by atoms with van der Waals surface area (Å²) < 4.78 is 0. The molecule has 22 heavy (non-hydrogen) atoms. The molecule has 2 saturated carbocycles. The largest absolute Gasteiger partial charge is 0.358 e. The number of allylic oxidation sites excluding steroid dienone is 2. The molecule has 3 aliphatic rings. The third-order valence-electron chi connectivity index (χ3n) is 5.39. The van der Waals surface area contributed by atoms with Crippen LogP contribution in [0.3, 0.4) is 0 Å². The van der Waals surface area contributed by atoms with Gasteiger partial charge in [0.05, 0.1) is 6.21 Å². The molecule has 5 atom stereocenters. The molecule has 114 valence electrons. The first-order valence-electron chi connectivity index (χ1n) is 7.97. The SMILES string of the molecule is S=C(N/N=C\c1cccnc1)N[C@@H]1C[C@H]2C[C@H]1[C@@H]1C=CC[C@H]21. The van der Waals surface area contributed by atoms with Crippen LogP contribution in [0.1, 0.15) is 24.8 Å². The highest BCUT2D eigenvalue weighted by molar-refractivity contribution is 7.80. The normalized spacial score (nSPS) is 35.0. The number of hydrogen-bond donors (Lipinski definition) is 2. The lowest BCUT2D eigenvalue weighted by Gasteiger charge is -2.32. The zero-order chi connectivity index (χ0) is 14.9. The maximum Gasteiger partial charge on any atom is 0.187 e. The fourth-order valence-electron chi connectivity index (χ4n) is 4.53. The summed E-state index contributed by atoms with van der Waals surface area (Å²) in [4.78, 5) is 4.05. The van der Waals surface area contributed by atoms with E-state index >= 15 is 0 Å². The Morgan fingerprint density at radius 2 is 2.32 bits per heavy atom. The second-order valence-electron chi connectivity index (χ2n) is 6.54. The number of nitrogens with one attached hydrogen (secondary N) is 2. The van der Waals surface area contributed by atoms with Gasteiger partial charge in [0.2, 0.25) is 0 Å². The summed E-state index contributed by atoms with van der Waals surface area (Å²) in [5, 5.41) is 8.27. The van der Waals surface area contributed by atoms with E-state index < -0.39 is 0 Å². The number of fused-ring (bicyclic) bond motifs is 5. The van der Waals surface area contributed by atoms with Gasteiger partial charge in [-0.15, -0.1) is 0 Å². The highest BCUT2D eigenvalue weighted by Crippen LogP contribution is 2.56. The van der Waals surface area contributed by atoms with E-state index in [2.05, 4.69) is 33.0 Å². The Bertz CT molecular complexity index is 612. The van der Waals surface area contributed by atoms with E-state index in [0.717, 1.165) is 29.2 Å². The lowest BCUT2D eigenvalue weighted by molar-refractivity contribution is 0.246. The average Bonchev–Trinajstić information content (AvgIpc) is 3.20. The quantitative estimate of drug-likeness (QED) is 0.390. The van der Waals surface area contributed by atoms with Crippen molar-refractivity contribution >= 4 is 23.5 Å². The first-order valence-corrected chi connectivity index (χ1v) is 8.38. The molecule has 0 radical (unpaired) electrons. The molecule has 4 rings (SSSR count). The molecule has 4 nitrogen and oxygen atoms in total. The highest BCUT2D eigenvalue weighted by Gasteiger charge is 2.52. The highest BCUT2D eigenvalue weighted by atomic mass is 32.1. The van der Waals surface area contributed by atoms with E-state index in [0.29, 0.717) is 11.2 Å². The molecule has 0 saturated heterocycles. The summed E-state index contributed by atoms with van der Waals surface area (Å²) in [6.07, 6.45) is 13.9. The number of aromatic nitrogens is 1. The van der Waals surface area contributed by atoms with Crippen molar-refractivity contribution in [2.45, 2.75) is 25.3 Å². The second kappa shape index (κ2) is 5.80. The fourth-order valence-corrected chi connectivity index (χ4v) is 4.73. The molecule has 2 N–H and O–H groups in total. The number of nitrogens with zero attached hydrogens (tertiary/aromatic N) is 2. The number of thiocarbonyl (C=S) groups is 1. The van der Waals surface area contributed by atoms with Gasteiger partial charge < -0.3 is 5.32 Å². The van der Waals surface area contributed by atoms with Gasteiger partial charge in [-0.1, -0.05) is 18.2 Å². The van der Waals surface area contributed by atoms with Crippen LogP contribution in [0, 0.1) is 23.7 Å². The van der Waals surface area contributed by atoms with Crippen LogP contribution in [0.15, 0.2) is 41.8 Å². The van der Waals surface area contributed by atoms with E-state index in [1.807, 2.05) is 12.1 Å². The van der Waals surface area contributed by atoms with Gasteiger partial charge >= 0.3 is 0 Å². The zero-order valence-electron chi connectivity index (χ0n) is 12.4. The van der Waals surface area contributed by atoms with Crippen LogP contribution in [-0.4, -0.2) is 22.4 Å². The maximum atomic E-state index is 5.37. The standard InChI is InChI=1S/C17H20N4S/c22-17(21-19-10-11-3-2-6-18-9-11)20-16-8-12-7-15(16)14-5-1-4-13(12)14/h1-3,5-6,9-10,12-16H,4,7-8H2,(H2,20,21,22)/b19-10-/t12-,13-,14-,15+,16-/m1/s1. The monoisotopic (exact) mass is 312 g/mol. The Morgan fingerprint density at radius 1 is 1.36 bits per heavy atom. The first-order chi connectivity index (χ1) is 10.8. The van der Waals surface area contributed by atoms with Crippen LogP contribution in [0.4, 0.5) is 0 Å². The lowest BCUT2D eigenvalue weighted by Crippen LogP contribution is -2.45. The van der Waals surface area contributed by atoms with Crippen molar-refractivity contribution in [1.82, 2.24) is 15.7 Å². The molecule has 5 heteroatoms. The molecule has 1 heterocycles. The van der Waals surface area contributed by atoms with Gasteiger partial charge in [0.1, 0.15) is 0 Å². The van der Waals surface area contributed by atoms with Crippen LogP contribution in [0.25, 0.3) is 0 Å². The molecule has 1 aromatic rings. The summed E-state index contributed by atoms with van der Waals surface area (Å²) in [5.74, 6) is 3.31. The summed E-state index contributed by atoms with van der Waals surface area (Å²) in [6, 6.07) is 4.35. The van der Waals surface area contributed by atoms with Crippen molar-refractivity contribution in [1.29, 1.82) is 0 Å². The van der Waals surface area contributed by atoms with E-state index in [1.165, 1.54) is 19.3 Å². The van der Waals surface area contributed by atoms with Crippen LogP contribution < -0.4 is 10.7 Å². The van der Waals surface area contributed by atoms with Gasteiger partial charge in [0.25, 0.3) is 0 Å². The fraction of sp³-hybridized carbons (Fsp3) is 0.471. The molecule has 0 unspecified atom stereocenters. The van der Waals surface area contributed by atoms with Gasteiger partial charge in [-0.2, -0.15) is 5.10 Å². The summed E-state index contributed by atoms with van der Waals surface area (Å²) in [5.41, 5.74) is 3.88. The second-order valence-corrected chi connectivity index (χ2v) is 6.94. The van der Waals surface area contributed by atoms with Crippen LogP contribution in [0.2, 0.25) is 0 Å². The van der Waals surface area contributed by atoms with E-state index in [4.69, 9.17) is 12.2 Å². The van der Waals surface area contributed by atoms with E-state index in [1.54, 1.807) is 18.6 Å². The topological polar surface area (TPSA) is 49.3 Å². The Labute approximate surface area is 136 Å². The third kappa shape index (κ3) is 2.54. The van der Waals surface area contributed by atoms with Crippen LogP contribution in [0.5, 0.6) is 0 Å². The van der Waals surface area contributed by atoms with Gasteiger partial charge in [0.15, 0.2) is 5.11 Å². The first kappa shape index (κ1) is 13.9. The molecule has 1 aromatic heterocycles. The maximum absolute atomic E-state index is 5.37. The van der Waals surface area contributed by atoms with Crippen molar-refractivity contribution in [2.75, 3.05) is 0 Å². The minimum absolute atomic E-state index is 0.502. The van der Waals surface area contributed by atoms with Gasteiger partial charge in [0, 0.05) is 24.0 Å². The lowest BCUT2D eigenvalue weighted by atomic mass is 9.79. The van der Waals surface area contributed by atoms with Gasteiger partial charge in [-0.25, -0.2) is 0 Å². The zero-order valence-corrected chi connectivity index (χ0v) is 13.2. The molecule has 0 amide bonds. The number of hydrogen-bond acceptors (Lipinski definition) is 3. The Morgan fingerprint density at radius 3 is 3.18 bits per heavy atom. The van der Waals surface area contributed by atoms with Crippen molar-refractivity contribution in [3.05, 3.63) is 42.2 Å². The van der Waals surface area contributed by atoms with Crippen molar-refractivity contribution in [2.24, 2.45) is 28.8 Å². The van der Waals surface area contributed by atoms with Gasteiger partial charge in [-0.05, 0) is 61.2 Å². The number of pyridine rings is 1. The van der Waals surface area contributed by atoms with E-state index in [9.17, 15) is 0 Å². The predicted molar refractivity (Wildman–Crippen MR) is 91.4 cm³/mol. The Hall–Kier alpha value is -1.75. The van der Waals surface area contributed by atoms with E-state index in [-0.39, 0.29) is 0 Å². The van der Waals surface area contributed by atoms with Gasteiger partial charge in [-0.3, -0.25) is 10.4 Å². The van der Waals surface area contributed by atoms with Crippen molar-refractivity contribution in [3.63, 3.8) is 0 Å². The average molecular weight is 312 g/mol. The van der Waals surface area contributed by atoms with Crippen LogP contribution >= 0.6 is 12.2 Å². The number of rotatable bonds is 3. The third-order valence-corrected chi connectivity index (χ3v) is 5.60. The smallest absolute Gasteiger partial charge is 0.187 e. The Balaban J connectivity index is 1.30. The van der Waals surface area contributed by atoms with Crippen molar-refractivity contribution < 1.29 is 0 Å². The summed E-state index contributed by atoms with van der Waals surface area (Å²) in [7, 11) is 0. The molecule has 0 aliphatic heterocycles. The molecular formula is C17H20N4S. The number of hydrazone groups is 1. The summed E-state index contributed by atoms with van der Waals surface area (Å²) >= 11 is 5.37.